The molecule has 6 nitrogen and oxygen atoms in total. The molecule has 1 aromatic heterocycles. The van der Waals surface area contributed by atoms with Gasteiger partial charge in [-0.2, -0.15) is 0 Å². The van der Waals surface area contributed by atoms with Crippen molar-refractivity contribution in [2.24, 2.45) is 5.92 Å². The molecule has 2 heterocycles. The zero-order chi connectivity index (χ0) is 20.3. The number of amides is 1. The molecule has 3 atom stereocenters. The third kappa shape index (κ3) is 4.66. The lowest BCUT2D eigenvalue weighted by Crippen LogP contribution is -2.34. The van der Waals surface area contributed by atoms with E-state index in [1.807, 2.05) is 18.2 Å². The second-order valence-electron chi connectivity index (χ2n) is 7.52. The fourth-order valence-electron chi connectivity index (χ4n) is 3.44. The monoisotopic (exact) mass is 400 g/mol. The predicted molar refractivity (Wildman–Crippen MR) is 108 cm³/mol. The van der Waals surface area contributed by atoms with E-state index in [-0.39, 0.29) is 11.9 Å². The van der Waals surface area contributed by atoms with E-state index in [4.69, 9.17) is 0 Å². The van der Waals surface area contributed by atoms with Crippen LogP contribution in [0.4, 0.5) is 0 Å². The van der Waals surface area contributed by atoms with E-state index in [1.54, 1.807) is 25.3 Å². The van der Waals surface area contributed by atoms with Crippen LogP contribution in [0.25, 0.3) is 0 Å². The lowest BCUT2D eigenvalue weighted by atomic mass is 9.91. The molecule has 1 amide bonds. The van der Waals surface area contributed by atoms with Crippen molar-refractivity contribution in [3.8, 4) is 0 Å². The summed E-state index contributed by atoms with van der Waals surface area (Å²) in [6.45, 7) is 7.23. The van der Waals surface area contributed by atoms with Crippen molar-refractivity contribution < 1.29 is 13.6 Å². The van der Waals surface area contributed by atoms with Crippen LogP contribution >= 0.6 is 0 Å². The first-order valence-corrected chi connectivity index (χ1v) is 10.7. The summed E-state index contributed by atoms with van der Waals surface area (Å²) >= 11 is -2.14. The molecular weight excluding hydrogens is 374 g/mol. The Labute approximate surface area is 168 Å². The van der Waals surface area contributed by atoms with Crippen molar-refractivity contribution >= 4 is 17.0 Å². The smallest absolute Gasteiger partial charge is 0.253 e. The molecule has 2 unspecified atom stereocenters. The zero-order valence-electron chi connectivity index (χ0n) is 16.4. The molecule has 7 heteroatoms. The van der Waals surface area contributed by atoms with Gasteiger partial charge in [-0.15, -0.1) is 0 Å². The number of carbonyl (C=O) groups is 1. The van der Waals surface area contributed by atoms with Crippen LogP contribution in [0.15, 0.2) is 36.5 Å². The van der Waals surface area contributed by atoms with Crippen molar-refractivity contribution in [3.63, 3.8) is 0 Å². The number of benzene rings is 1. The molecule has 1 aromatic carbocycles. The van der Waals surface area contributed by atoms with Crippen LogP contribution in [-0.2, 0) is 24.0 Å². The number of hydrogen-bond donors (Lipinski definition) is 2. The number of nitrogens with zero attached hydrogens (tertiary/aromatic N) is 1. The Balaban J connectivity index is 1.65. The second-order valence-corrected chi connectivity index (χ2v) is 8.75. The van der Waals surface area contributed by atoms with Crippen molar-refractivity contribution in [1.82, 2.24) is 15.6 Å². The molecular formula is C21H26N3O3S-. The summed E-state index contributed by atoms with van der Waals surface area (Å²) in [6.07, 6.45) is 2.51. The Bertz CT molecular complexity index is 868. The quantitative estimate of drug-likeness (QED) is 0.727. The van der Waals surface area contributed by atoms with Gasteiger partial charge in [0.05, 0.1) is 17.3 Å². The SMILES string of the molecule is CC(C)[C@H]1NCCc2cc(C(=O)NCc3ccc(C(C)S(=O)[O-])cc3)cnc21. The summed E-state index contributed by atoms with van der Waals surface area (Å²) < 4.78 is 22.1. The summed E-state index contributed by atoms with van der Waals surface area (Å²) in [5, 5.41) is 5.85. The van der Waals surface area contributed by atoms with E-state index in [0.29, 0.717) is 18.0 Å². The summed E-state index contributed by atoms with van der Waals surface area (Å²) in [4.78, 5) is 17.1. The molecule has 0 bridgehead atoms. The first kappa shape index (κ1) is 20.6. The molecule has 0 radical (unpaired) electrons. The fourth-order valence-corrected chi connectivity index (χ4v) is 3.82. The second kappa shape index (κ2) is 8.94. The minimum Gasteiger partial charge on any atom is -0.772 e. The Morgan fingerprint density at radius 2 is 2.04 bits per heavy atom. The largest absolute Gasteiger partial charge is 0.772 e. The van der Waals surface area contributed by atoms with Gasteiger partial charge in [0.1, 0.15) is 0 Å². The maximum atomic E-state index is 12.5. The van der Waals surface area contributed by atoms with Gasteiger partial charge in [-0.05, 0) is 59.6 Å². The molecule has 28 heavy (non-hydrogen) atoms. The van der Waals surface area contributed by atoms with E-state index in [9.17, 15) is 13.6 Å². The molecule has 150 valence electrons. The van der Waals surface area contributed by atoms with E-state index < -0.39 is 16.3 Å². The van der Waals surface area contributed by atoms with Crippen LogP contribution in [0.5, 0.6) is 0 Å². The average molecular weight is 401 g/mol. The Kier molecular flexibility index (Phi) is 6.59. The number of hydrogen-bond acceptors (Lipinski definition) is 5. The standard InChI is InChI=1S/C21H27N3O3S/c1-13(2)19-20-17(8-9-22-19)10-18(12-23-20)21(25)24-11-15-4-6-16(7-5-15)14(3)28(26)27/h4-7,10,12-14,19,22H,8-9,11H2,1-3H3,(H,24,25)(H,26,27)/p-1/t14?,19-/m1/s1. The van der Waals surface area contributed by atoms with Gasteiger partial charge in [-0.3, -0.25) is 14.0 Å². The highest BCUT2D eigenvalue weighted by atomic mass is 32.2. The Morgan fingerprint density at radius 1 is 1.32 bits per heavy atom. The summed E-state index contributed by atoms with van der Waals surface area (Å²) in [5.41, 5.74) is 4.38. The lowest BCUT2D eigenvalue weighted by Gasteiger charge is -2.29. The predicted octanol–water partition coefficient (Wildman–Crippen LogP) is 2.79. The van der Waals surface area contributed by atoms with Crippen LogP contribution in [0.2, 0.25) is 0 Å². The lowest BCUT2D eigenvalue weighted by molar-refractivity contribution is 0.0950. The topological polar surface area (TPSA) is 94.2 Å². The zero-order valence-corrected chi connectivity index (χ0v) is 17.2. The normalized spacial score (nSPS) is 18.4. The molecule has 3 rings (SSSR count). The maximum Gasteiger partial charge on any atom is 0.253 e. The fraction of sp³-hybridized carbons (Fsp3) is 0.429. The minimum atomic E-state index is -2.14. The van der Waals surface area contributed by atoms with E-state index in [1.165, 1.54) is 0 Å². The summed E-state index contributed by atoms with van der Waals surface area (Å²) in [6, 6.07) is 9.40. The van der Waals surface area contributed by atoms with Gasteiger partial charge >= 0.3 is 0 Å². The highest BCUT2D eigenvalue weighted by Gasteiger charge is 2.24. The number of nitrogens with one attached hydrogen (secondary N) is 2. The van der Waals surface area contributed by atoms with Gasteiger partial charge in [0.15, 0.2) is 0 Å². The third-order valence-corrected chi connectivity index (χ3v) is 6.02. The highest BCUT2D eigenvalue weighted by Crippen LogP contribution is 2.27. The van der Waals surface area contributed by atoms with E-state index in [2.05, 4.69) is 29.5 Å². The summed E-state index contributed by atoms with van der Waals surface area (Å²) in [5.74, 6) is 0.281. The van der Waals surface area contributed by atoms with Gasteiger partial charge < -0.3 is 15.2 Å². The number of carbonyl (C=O) groups excluding carboxylic acids is 1. The first-order valence-electron chi connectivity index (χ1n) is 9.54. The molecule has 0 fully saturated rings. The van der Waals surface area contributed by atoms with Gasteiger partial charge in [0.2, 0.25) is 0 Å². The van der Waals surface area contributed by atoms with Crippen LogP contribution in [-0.4, -0.2) is 26.2 Å². The van der Waals surface area contributed by atoms with Gasteiger partial charge in [0, 0.05) is 18.0 Å². The first-order chi connectivity index (χ1) is 13.4. The van der Waals surface area contributed by atoms with Crippen LogP contribution in [0.3, 0.4) is 0 Å². The van der Waals surface area contributed by atoms with Crippen LogP contribution in [0.1, 0.15) is 64.8 Å². The Hall–Kier alpha value is -2.09. The molecule has 0 spiro atoms. The Morgan fingerprint density at radius 3 is 2.68 bits per heavy atom. The van der Waals surface area contributed by atoms with Gasteiger partial charge in [0.25, 0.3) is 5.91 Å². The molecule has 1 aliphatic heterocycles. The van der Waals surface area contributed by atoms with E-state index >= 15 is 0 Å². The molecule has 0 saturated carbocycles. The minimum absolute atomic E-state index is 0.159. The van der Waals surface area contributed by atoms with Crippen molar-refractivity contribution in [1.29, 1.82) is 0 Å². The van der Waals surface area contributed by atoms with E-state index in [0.717, 1.165) is 35.3 Å². The molecule has 0 saturated heterocycles. The average Bonchev–Trinajstić information content (AvgIpc) is 2.70. The number of fused-ring (bicyclic) bond motifs is 1. The molecule has 2 N–H and O–H groups in total. The summed E-state index contributed by atoms with van der Waals surface area (Å²) in [7, 11) is 0. The maximum absolute atomic E-state index is 12.5. The highest BCUT2D eigenvalue weighted by molar-refractivity contribution is 7.79. The van der Waals surface area contributed by atoms with Crippen LogP contribution in [0, 0.1) is 5.92 Å². The molecule has 2 aromatic rings. The van der Waals surface area contributed by atoms with Crippen molar-refractivity contribution in [2.45, 2.75) is 45.0 Å². The molecule has 1 aliphatic rings. The van der Waals surface area contributed by atoms with Crippen molar-refractivity contribution in [2.75, 3.05) is 6.54 Å². The van der Waals surface area contributed by atoms with Gasteiger partial charge in [-0.1, -0.05) is 38.1 Å². The van der Waals surface area contributed by atoms with Crippen LogP contribution < -0.4 is 10.6 Å². The van der Waals surface area contributed by atoms with Gasteiger partial charge in [-0.25, -0.2) is 0 Å². The van der Waals surface area contributed by atoms with Crippen molar-refractivity contribution in [3.05, 3.63) is 64.5 Å². The molecule has 0 aliphatic carbocycles. The number of aromatic nitrogens is 1. The number of pyridine rings is 1. The number of rotatable bonds is 6. The third-order valence-electron chi connectivity index (χ3n) is 5.17.